The standard InChI is InChI=1S/C52H32N4O/c1-3-14-33(15-4-1)34-26-28-35(29-27-34)43-32-44(41-22-13-21-40-38-19-9-12-25-48(38)57-51(40)41)54-52(53-43)56-46-24-11-8-20-42(46)49-47(56)31-30-39-37-18-7-10-23-45(37)55(50(39)49)36-16-5-2-6-17-36/h1-32H. The summed E-state index contributed by atoms with van der Waals surface area (Å²) < 4.78 is 11.2. The van der Waals surface area contributed by atoms with Gasteiger partial charge in [0.25, 0.3) is 0 Å². The Bertz CT molecular complexity index is 3500. The van der Waals surface area contributed by atoms with E-state index in [4.69, 9.17) is 14.4 Å². The van der Waals surface area contributed by atoms with Crippen LogP contribution in [-0.4, -0.2) is 19.1 Å². The van der Waals surface area contributed by atoms with Crippen LogP contribution in [0.1, 0.15) is 0 Å². The first-order valence-electron chi connectivity index (χ1n) is 19.3. The van der Waals surface area contributed by atoms with E-state index in [0.29, 0.717) is 5.95 Å². The monoisotopic (exact) mass is 728 g/mol. The van der Waals surface area contributed by atoms with Crippen molar-refractivity contribution in [2.75, 3.05) is 0 Å². The second-order valence-electron chi connectivity index (χ2n) is 14.6. The molecule has 4 aromatic heterocycles. The van der Waals surface area contributed by atoms with Crippen LogP contribution in [-0.2, 0) is 0 Å². The lowest BCUT2D eigenvalue weighted by molar-refractivity contribution is 0.670. The third-order valence-corrected chi connectivity index (χ3v) is 11.4. The van der Waals surface area contributed by atoms with E-state index in [1.54, 1.807) is 0 Å². The number of rotatable bonds is 5. The summed E-state index contributed by atoms with van der Waals surface area (Å²) in [5, 5.41) is 6.86. The number of hydrogen-bond acceptors (Lipinski definition) is 3. The average Bonchev–Trinajstić information content (AvgIpc) is 3.95. The lowest BCUT2D eigenvalue weighted by Crippen LogP contribution is -2.04. The molecule has 0 aliphatic carbocycles. The fourth-order valence-electron chi connectivity index (χ4n) is 8.80. The van der Waals surface area contributed by atoms with Crippen LogP contribution < -0.4 is 0 Å². The molecule has 0 saturated heterocycles. The van der Waals surface area contributed by atoms with Crippen LogP contribution in [0, 0.1) is 0 Å². The molecule has 5 heteroatoms. The van der Waals surface area contributed by atoms with Crippen molar-refractivity contribution >= 4 is 65.6 Å². The normalized spacial score (nSPS) is 11.9. The second kappa shape index (κ2) is 12.4. The Morgan fingerprint density at radius 1 is 0.386 bits per heavy atom. The topological polar surface area (TPSA) is 48.8 Å². The van der Waals surface area contributed by atoms with Gasteiger partial charge in [-0.05, 0) is 59.7 Å². The van der Waals surface area contributed by atoms with Crippen molar-refractivity contribution in [3.8, 4) is 45.3 Å². The smallest absolute Gasteiger partial charge is 0.235 e. The Labute approximate surface area is 327 Å². The molecular formula is C52H32N4O. The molecular weight excluding hydrogens is 697 g/mol. The summed E-state index contributed by atoms with van der Waals surface area (Å²) >= 11 is 0. The largest absolute Gasteiger partial charge is 0.455 e. The van der Waals surface area contributed by atoms with Gasteiger partial charge in [-0.2, -0.15) is 0 Å². The van der Waals surface area contributed by atoms with Crippen LogP contribution in [0.15, 0.2) is 199 Å². The van der Waals surface area contributed by atoms with Gasteiger partial charge in [0.1, 0.15) is 11.2 Å². The number of hydrogen-bond donors (Lipinski definition) is 0. The molecule has 266 valence electrons. The lowest BCUT2D eigenvalue weighted by atomic mass is 10.0. The van der Waals surface area contributed by atoms with Crippen LogP contribution in [0.4, 0.5) is 0 Å². The van der Waals surface area contributed by atoms with Crippen molar-refractivity contribution in [2.45, 2.75) is 0 Å². The number of aromatic nitrogens is 4. The van der Waals surface area contributed by atoms with Crippen LogP contribution in [0.3, 0.4) is 0 Å². The molecule has 12 rings (SSSR count). The molecule has 12 aromatic rings. The first-order valence-corrected chi connectivity index (χ1v) is 19.3. The average molecular weight is 729 g/mol. The van der Waals surface area contributed by atoms with Gasteiger partial charge in [-0.25, -0.2) is 9.97 Å². The maximum absolute atomic E-state index is 6.58. The molecule has 0 N–H and O–H groups in total. The Morgan fingerprint density at radius 3 is 1.81 bits per heavy atom. The van der Waals surface area contributed by atoms with Gasteiger partial charge in [-0.3, -0.25) is 4.57 Å². The first-order chi connectivity index (χ1) is 28.3. The third kappa shape index (κ3) is 4.82. The summed E-state index contributed by atoms with van der Waals surface area (Å²) in [4.78, 5) is 10.9. The van der Waals surface area contributed by atoms with E-state index in [1.165, 1.54) is 21.9 Å². The van der Waals surface area contributed by atoms with Gasteiger partial charge in [-0.1, -0.05) is 146 Å². The molecule has 5 nitrogen and oxygen atoms in total. The molecule has 0 saturated carbocycles. The molecule has 0 aliphatic heterocycles. The van der Waals surface area contributed by atoms with E-state index < -0.39 is 0 Å². The van der Waals surface area contributed by atoms with Gasteiger partial charge in [0.15, 0.2) is 0 Å². The molecule has 0 atom stereocenters. The molecule has 0 bridgehead atoms. The van der Waals surface area contributed by atoms with Gasteiger partial charge in [-0.15, -0.1) is 0 Å². The highest BCUT2D eigenvalue weighted by Gasteiger charge is 2.23. The maximum Gasteiger partial charge on any atom is 0.235 e. The van der Waals surface area contributed by atoms with Crippen molar-refractivity contribution in [2.24, 2.45) is 0 Å². The highest BCUT2D eigenvalue weighted by molar-refractivity contribution is 6.26. The Kier molecular flexibility index (Phi) is 6.86. The first kappa shape index (κ1) is 31.6. The zero-order valence-electron chi connectivity index (χ0n) is 30.7. The second-order valence-corrected chi connectivity index (χ2v) is 14.6. The van der Waals surface area contributed by atoms with E-state index in [2.05, 4.69) is 185 Å². The number of para-hydroxylation sites is 5. The minimum atomic E-state index is 0.593. The molecule has 0 fully saturated rings. The van der Waals surface area contributed by atoms with Gasteiger partial charge in [0, 0.05) is 49.1 Å². The predicted octanol–water partition coefficient (Wildman–Crippen LogP) is 13.6. The Morgan fingerprint density at radius 2 is 1.00 bits per heavy atom. The van der Waals surface area contributed by atoms with Gasteiger partial charge in [0.2, 0.25) is 5.95 Å². The highest BCUT2D eigenvalue weighted by atomic mass is 16.3. The number of benzene rings is 8. The summed E-state index contributed by atoms with van der Waals surface area (Å²) in [6, 6.07) is 68.2. The van der Waals surface area contributed by atoms with Gasteiger partial charge in [0.05, 0.1) is 33.5 Å². The van der Waals surface area contributed by atoms with E-state index in [-0.39, 0.29) is 0 Å². The maximum atomic E-state index is 6.58. The zero-order chi connectivity index (χ0) is 37.5. The molecule has 0 radical (unpaired) electrons. The van der Waals surface area contributed by atoms with E-state index in [0.717, 1.165) is 83.0 Å². The van der Waals surface area contributed by atoms with Crippen molar-refractivity contribution < 1.29 is 4.42 Å². The molecule has 0 unspecified atom stereocenters. The van der Waals surface area contributed by atoms with Crippen molar-refractivity contribution in [1.82, 2.24) is 19.1 Å². The highest BCUT2D eigenvalue weighted by Crippen LogP contribution is 2.43. The van der Waals surface area contributed by atoms with Crippen molar-refractivity contribution in [3.63, 3.8) is 0 Å². The summed E-state index contributed by atoms with van der Waals surface area (Å²) in [6.45, 7) is 0. The van der Waals surface area contributed by atoms with Gasteiger partial charge >= 0.3 is 0 Å². The molecule has 8 aromatic carbocycles. The van der Waals surface area contributed by atoms with Gasteiger partial charge < -0.3 is 8.98 Å². The summed E-state index contributed by atoms with van der Waals surface area (Å²) in [7, 11) is 0. The SMILES string of the molecule is c1ccc(-c2ccc(-c3cc(-c4cccc5c4oc4ccccc45)nc(-n4c5ccccc5c5c4ccc4c6ccccc6n(-c6ccccc6)c45)n3)cc2)cc1. The minimum Gasteiger partial charge on any atom is -0.455 e. The van der Waals surface area contributed by atoms with Crippen molar-refractivity contribution in [1.29, 1.82) is 0 Å². The molecule has 57 heavy (non-hydrogen) atoms. The Hall–Kier alpha value is -7.76. The fourth-order valence-corrected chi connectivity index (χ4v) is 8.80. The van der Waals surface area contributed by atoms with Crippen LogP contribution in [0.2, 0.25) is 0 Å². The number of nitrogens with zero attached hydrogens (tertiary/aromatic N) is 4. The van der Waals surface area contributed by atoms with Crippen LogP contribution >= 0.6 is 0 Å². The quantitative estimate of drug-likeness (QED) is 0.177. The Balaban J connectivity index is 1.16. The summed E-state index contributed by atoms with van der Waals surface area (Å²) in [5.41, 5.74) is 13.0. The van der Waals surface area contributed by atoms with Crippen LogP contribution in [0.25, 0.3) is 111 Å². The van der Waals surface area contributed by atoms with E-state index >= 15 is 0 Å². The number of fused-ring (bicyclic) bond motifs is 10. The van der Waals surface area contributed by atoms with E-state index in [9.17, 15) is 0 Å². The fraction of sp³-hybridized carbons (Fsp3) is 0. The molecule has 4 heterocycles. The van der Waals surface area contributed by atoms with Crippen molar-refractivity contribution in [3.05, 3.63) is 194 Å². The molecule has 0 aliphatic rings. The predicted molar refractivity (Wildman–Crippen MR) is 234 cm³/mol. The summed E-state index contributed by atoms with van der Waals surface area (Å²) in [5.74, 6) is 0.593. The minimum absolute atomic E-state index is 0.593. The zero-order valence-corrected chi connectivity index (χ0v) is 30.7. The number of furan rings is 1. The van der Waals surface area contributed by atoms with E-state index in [1.807, 2.05) is 18.2 Å². The third-order valence-electron chi connectivity index (χ3n) is 11.4. The molecule has 0 spiro atoms. The van der Waals surface area contributed by atoms with Crippen LogP contribution in [0.5, 0.6) is 0 Å². The summed E-state index contributed by atoms with van der Waals surface area (Å²) in [6.07, 6.45) is 0. The lowest BCUT2D eigenvalue weighted by Gasteiger charge is -2.13. The molecule has 0 amide bonds.